The number of nitrogens with one attached hydrogen (secondary N) is 1. The highest BCUT2D eigenvalue weighted by molar-refractivity contribution is 6.22. The maximum absolute atomic E-state index is 13.1. The van der Waals surface area contributed by atoms with Crippen LogP contribution in [-0.4, -0.2) is 45.8 Å². The Hall–Kier alpha value is -3.74. The molecule has 2 N–H and O–H groups in total. The van der Waals surface area contributed by atoms with E-state index in [2.05, 4.69) is 11.9 Å². The van der Waals surface area contributed by atoms with Crippen molar-refractivity contribution in [2.75, 3.05) is 0 Å². The summed E-state index contributed by atoms with van der Waals surface area (Å²) in [6, 6.07) is 13.0. The Balaban J connectivity index is 1.92. The van der Waals surface area contributed by atoms with Gasteiger partial charge in [0.05, 0.1) is 11.1 Å². The Morgan fingerprint density at radius 2 is 1.57 bits per heavy atom. The van der Waals surface area contributed by atoms with Gasteiger partial charge in [-0.25, -0.2) is 4.79 Å². The fourth-order valence-corrected chi connectivity index (χ4v) is 3.44. The molecule has 1 aliphatic heterocycles. The fraction of sp³-hybridized carbons (Fsp3) is 0.217. The molecule has 0 fully saturated rings. The second-order valence-electron chi connectivity index (χ2n) is 7.00. The molecule has 2 aromatic carbocycles. The number of carbonyl (C=O) groups excluding carboxylic acids is 3. The van der Waals surface area contributed by atoms with E-state index in [0.717, 1.165) is 10.5 Å². The second kappa shape index (κ2) is 9.17. The minimum atomic E-state index is -1.19. The van der Waals surface area contributed by atoms with Crippen molar-refractivity contribution in [3.8, 4) is 0 Å². The highest BCUT2D eigenvalue weighted by Crippen LogP contribution is 2.26. The van der Waals surface area contributed by atoms with Gasteiger partial charge in [0.15, 0.2) is 0 Å². The van der Waals surface area contributed by atoms with Gasteiger partial charge in [0.1, 0.15) is 12.1 Å². The second-order valence-corrected chi connectivity index (χ2v) is 7.00. The van der Waals surface area contributed by atoms with Crippen molar-refractivity contribution in [1.29, 1.82) is 0 Å². The molecule has 7 heteroatoms. The molecule has 7 nitrogen and oxygen atoms in total. The molecule has 0 aromatic heterocycles. The summed E-state index contributed by atoms with van der Waals surface area (Å²) in [5.41, 5.74) is 1.21. The van der Waals surface area contributed by atoms with Crippen molar-refractivity contribution in [2.45, 2.75) is 31.3 Å². The molecule has 1 heterocycles. The van der Waals surface area contributed by atoms with E-state index in [1.54, 1.807) is 42.5 Å². The fourth-order valence-electron chi connectivity index (χ4n) is 3.44. The van der Waals surface area contributed by atoms with E-state index in [1.807, 2.05) is 6.07 Å². The zero-order chi connectivity index (χ0) is 21.7. The van der Waals surface area contributed by atoms with E-state index >= 15 is 0 Å². The molecule has 3 amide bonds. The Labute approximate surface area is 174 Å². The van der Waals surface area contributed by atoms with Crippen LogP contribution in [0.2, 0.25) is 0 Å². The number of rotatable bonds is 9. The molecule has 2 atom stereocenters. The van der Waals surface area contributed by atoms with E-state index < -0.39 is 35.8 Å². The number of imide groups is 1. The normalized spacial score (nSPS) is 14.7. The number of amides is 3. The summed E-state index contributed by atoms with van der Waals surface area (Å²) in [4.78, 5) is 51.5. The smallest absolute Gasteiger partial charge is 0.326 e. The quantitative estimate of drug-likeness (QED) is 0.492. The van der Waals surface area contributed by atoms with Gasteiger partial charge in [0, 0.05) is 6.42 Å². The molecule has 30 heavy (non-hydrogen) atoms. The molecule has 0 spiro atoms. The average Bonchev–Trinajstić information content (AvgIpc) is 3.00. The van der Waals surface area contributed by atoms with E-state index in [0.29, 0.717) is 6.42 Å². The van der Waals surface area contributed by atoms with Gasteiger partial charge in [-0.15, -0.1) is 6.58 Å². The number of allylic oxidation sites excluding steroid dienone is 1. The number of aliphatic carboxylic acids is 1. The van der Waals surface area contributed by atoms with Crippen LogP contribution in [0.5, 0.6) is 0 Å². The lowest BCUT2D eigenvalue weighted by molar-refractivity contribution is -0.142. The molecular formula is C23H22N2O5. The average molecular weight is 406 g/mol. The van der Waals surface area contributed by atoms with Crippen LogP contribution in [0, 0.1) is 0 Å². The Kier molecular flexibility index (Phi) is 6.41. The van der Waals surface area contributed by atoms with Crippen LogP contribution in [0.1, 0.15) is 39.1 Å². The first-order chi connectivity index (χ1) is 14.4. The standard InChI is InChI=1S/C23H22N2O5/c1-2-3-13-18(23(29)30)24-20(26)19(14-15-9-5-4-6-10-15)25-21(27)16-11-7-8-12-17(16)22(25)28/h2,4-12,18-19H,1,3,13-14H2,(H,24,26)(H,29,30)/t18-,19?/m0/s1. The monoisotopic (exact) mass is 406 g/mol. The van der Waals surface area contributed by atoms with Gasteiger partial charge in [0.25, 0.3) is 11.8 Å². The summed E-state index contributed by atoms with van der Waals surface area (Å²) in [6.45, 7) is 3.56. The lowest BCUT2D eigenvalue weighted by Gasteiger charge is -2.27. The number of hydrogen-bond donors (Lipinski definition) is 2. The molecule has 2 aromatic rings. The third-order valence-electron chi connectivity index (χ3n) is 4.99. The van der Waals surface area contributed by atoms with Crippen LogP contribution in [0.3, 0.4) is 0 Å². The number of nitrogens with zero attached hydrogens (tertiary/aromatic N) is 1. The van der Waals surface area contributed by atoms with Crippen molar-refractivity contribution in [3.63, 3.8) is 0 Å². The molecule has 0 radical (unpaired) electrons. The number of benzene rings is 2. The topological polar surface area (TPSA) is 104 Å². The van der Waals surface area contributed by atoms with Gasteiger partial charge in [-0.3, -0.25) is 19.3 Å². The van der Waals surface area contributed by atoms with Crippen molar-refractivity contribution in [1.82, 2.24) is 10.2 Å². The maximum atomic E-state index is 13.1. The Bertz CT molecular complexity index is 951. The molecule has 1 aliphatic rings. The predicted octanol–water partition coefficient (Wildman–Crippen LogP) is 2.43. The van der Waals surface area contributed by atoms with Gasteiger partial charge in [-0.05, 0) is 30.5 Å². The van der Waals surface area contributed by atoms with Gasteiger partial charge >= 0.3 is 5.97 Å². The first-order valence-electron chi connectivity index (χ1n) is 9.59. The summed E-state index contributed by atoms with van der Waals surface area (Å²) >= 11 is 0. The van der Waals surface area contributed by atoms with Gasteiger partial charge < -0.3 is 10.4 Å². The lowest BCUT2D eigenvalue weighted by Crippen LogP contribution is -2.54. The van der Waals surface area contributed by atoms with Crippen LogP contribution in [0.4, 0.5) is 0 Å². The Morgan fingerprint density at radius 1 is 1.00 bits per heavy atom. The SMILES string of the molecule is C=CCC[C@H](NC(=O)C(Cc1ccccc1)N1C(=O)c2ccccc2C1=O)C(=O)O. The molecule has 3 rings (SSSR count). The van der Waals surface area contributed by atoms with Crippen molar-refractivity contribution < 1.29 is 24.3 Å². The molecule has 0 aliphatic carbocycles. The number of carboxylic acid groups (broad SMARTS) is 1. The van der Waals surface area contributed by atoms with E-state index in [1.165, 1.54) is 12.1 Å². The summed E-state index contributed by atoms with van der Waals surface area (Å²) < 4.78 is 0. The van der Waals surface area contributed by atoms with E-state index in [-0.39, 0.29) is 24.0 Å². The van der Waals surface area contributed by atoms with Gasteiger partial charge in [-0.2, -0.15) is 0 Å². The summed E-state index contributed by atoms with van der Waals surface area (Å²) in [5, 5.41) is 11.9. The number of hydrogen-bond acceptors (Lipinski definition) is 4. The Morgan fingerprint density at radius 3 is 2.10 bits per heavy atom. The minimum absolute atomic E-state index is 0.0753. The lowest BCUT2D eigenvalue weighted by atomic mass is 10.0. The van der Waals surface area contributed by atoms with Crippen LogP contribution in [0.25, 0.3) is 0 Å². The summed E-state index contributed by atoms with van der Waals surface area (Å²) in [6.07, 6.45) is 2.19. The zero-order valence-corrected chi connectivity index (χ0v) is 16.3. The molecule has 0 bridgehead atoms. The molecule has 154 valence electrons. The highest BCUT2D eigenvalue weighted by Gasteiger charge is 2.43. The van der Waals surface area contributed by atoms with Crippen molar-refractivity contribution in [2.24, 2.45) is 0 Å². The largest absolute Gasteiger partial charge is 0.480 e. The first-order valence-corrected chi connectivity index (χ1v) is 9.59. The number of fused-ring (bicyclic) bond motifs is 1. The zero-order valence-electron chi connectivity index (χ0n) is 16.3. The van der Waals surface area contributed by atoms with Crippen LogP contribution in [0.15, 0.2) is 67.3 Å². The van der Waals surface area contributed by atoms with Crippen LogP contribution < -0.4 is 5.32 Å². The molecular weight excluding hydrogens is 384 g/mol. The van der Waals surface area contributed by atoms with Crippen LogP contribution >= 0.6 is 0 Å². The van der Waals surface area contributed by atoms with E-state index in [9.17, 15) is 24.3 Å². The minimum Gasteiger partial charge on any atom is -0.480 e. The predicted molar refractivity (Wildman–Crippen MR) is 110 cm³/mol. The van der Waals surface area contributed by atoms with E-state index in [4.69, 9.17) is 0 Å². The summed E-state index contributed by atoms with van der Waals surface area (Å²) in [5.74, 6) is -3.01. The summed E-state index contributed by atoms with van der Waals surface area (Å²) in [7, 11) is 0. The number of carboxylic acids is 1. The van der Waals surface area contributed by atoms with Crippen molar-refractivity contribution in [3.05, 3.63) is 83.9 Å². The third kappa shape index (κ3) is 4.30. The first kappa shape index (κ1) is 21.0. The number of carbonyl (C=O) groups is 4. The molecule has 0 saturated carbocycles. The third-order valence-corrected chi connectivity index (χ3v) is 4.99. The van der Waals surface area contributed by atoms with Crippen molar-refractivity contribution >= 4 is 23.7 Å². The maximum Gasteiger partial charge on any atom is 0.326 e. The van der Waals surface area contributed by atoms with Crippen LogP contribution in [-0.2, 0) is 16.0 Å². The molecule has 1 unspecified atom stereocenters. The van der Waals surface area contributed by atoms with Gasteiger partial charge in [-0.1, -0.05) is 48.5 Å². The highest BCUT2D eigenvalue weighted by atomic mass is 16.4. The molecule has 0 saturated heterocycles. The van der Waals surface area contributed by atoms with Gasteiger partial charge in [0.2, 0.25) is 5.91 Å².